The Morgan fingerprint density at radius 2 is 1.84 bits per heavy atom. The minimum Gasteiger partial charge on any atom is -0.353 e. The fraction of sp³-hybridized carbons (Fsp3) is 0.500. The number of piperidine rings is 1. The molecule has 31 heavy (non-hydrogen) atoms. The van der Waals surface area contributed by atoms with Gasteiger partial charge in [-0.1, -0.05) is 31.4 Å². The number of nitrogens with one attached hydrogen (secondary N) is 2. The minimum absolute atomic E-state index is 0.136. The van der Waals surface area contributed by atoms with Crippen LogP contribution < -0.4 is 10.6 Å². The van der Waals surface area contributed by atoms with E-state index in [0.29, 0.717) is 11.7 Å². The van der Waals surface area contributed by atoms with Crippen LogP contribution in [0.1, 0.15) is 61.0 Å². The molecule has 1 aliphatic heterocycles. The molecule has 1 aliphatic carbocycles. The van der Waals surface area contributed by atoms with Crippen molar-refractivity contribution in [2.75, 3.05) is 18.4 Å². The molecule has 7 heteroatoms. The molecule has 0 unspecified atom stereocenters. The lowest BCUT2D eigenvalue weighted by molar-refractivity contribution is -0.127. The van der Waals surface area contributed by atoms with Crippen LogP contribution in [0.5, 0.6) is 0 Å². The third-order valence-corrected chi connectivity index (χ3v) is 6.32. The van der Waals surface area contributed by atoms with E-state index in [9.17, 15) is 9.59 Å². The molecule has 2 heterocycles. The molecule has 1 saturated carbocycles. The summed E-state index contributed by atoms with van der Waals surface area (Å²) in [4.78, 5) is 35.1. The van der Waals surface area contributed by atoms with E-state index in [1.807, 2.05) is 18.2 Å². The summed E-state index contributed by atoms with van der Waals surface area (Å²) >= 11 is 0. The average Bonchev–Trinajstić information content (AvgIpc) is 2.81. The molecule has 4 rings (SSSR count). The summed E-state index contributed by atoms with van der Waals surface area (Å²) in [6, 6.07) is 9.89. The number of rotatable bonds is 6. The molecule has 2 amide bonds. The topological polar surface area (TPSA) is 87.2 Å². The summed E-state index contributed by atoms with van der Waals surface area (Å²) in [5.41, 5.74) is 2.24. The maximum atomic E-state index is 12.6. The van der Waals surface area contributed by atoms with E-state index >= 15 is 0 Å². The quantitative estimate of drug-likeness (QED) is 0.747. The van der Waals surface area contributed by atoms with Crippen LogP contribution in [0.3, 0.4) is 0 Å². The Labute approximate surface area is 183 Å². The predicted octanol–water partition coefficient (Wildman–Crippen LogP) is 3.39. The summed E-state index contributed by atoms with van der Waals surface area (Å²) in [6.45, 7) is 2.65. The van der Waals surface area contributed by atoms with Crippen LogP contribution in [0.4, 0.5) is 5.69 Å². The van der Waals surface area contributed by atoms with Gasteiger partial charge in [0.1, 0.15) is 12.0 Å². The standard InChI is InChI=1S/C24H31N5O2/c30-23(27-20-6-2-1-3-7-20)19-10-13-29(14-11-19)16-18-5-4-8-21(15-18)28-24(31)22-9-12-25-17-26-22/h4-5,8-9,12,15,17,19-20H,1-3,6-7,10-11,13-14,16H2,(H,27,30)(H,28,31). The number of hydrogen-bond acceptors (Lipinski definition) is 5. The monoisotopic (exact) mass is 421 g/mol. The van der Waals surface area contributed by atoms with Gasteiger partial charge in [0.2, 0.25) is 5.91 Å². The molecule has 0 spiro atoms. The Morgan fingerprint density at radius 3 is 2.58 bits per heavy atom. The van der Waals surface area contributed by atoms with E-state index in [-0.39, 0.29) is 17.7 Å². The fourth-order valence-corrected chi connectivity index (χ4v) is 4.54. The van der Waals surface area contributed by atoms with Gasteiger partial charge in [-0.3, -0.25) is 14.5 Å². The Balaban J connectivity index is 1.25. The number of likely N-dealkylation sites (tertiary alicyclic amines) is 1. The van der Waals surface area contributed by atoms with Crippen molar-refractivity contribution in [3.05, 3.63) is 54.1 Å². The summed E-state index contributed by atoms with van der Waals surface area (Å²) in [6.07, 6.45) is 10.8. The molecular weight excluding hydrogens is 390 g/mol. The minimum atomic E-state index is -0.246. The van der Waals surface area contributed by atoms with Gasteiger partial charge in [0.05, 0.1) is 0 Å². The normalized spacial score (nSPS) is 18.5. The van der Waals surface area contributed by atoms with Crippen molar-refractivity contribution >= 4 is 17.5 Å². The van der Waals surface area contributed by atoms with Crippen molar-refractivity contribution < 1.29 is 9.59 Å². The van der Waals surface area contributed by atoms with Crippen molar-refractivity contribution in [3.8, 4) is 0 Å². The van der Waals surface area contributed by atoms with Crippen LogP contribution in [0, 0.1) is 5.92 Å². The number of benzene rings is 1. The number of nitrogens with zero attached hydrogens (tertiary/aromatic N) is 3. The van der Waals surface area contributed by atoms with E-state index in [1.54, 1.807) is 12.3 Å². The molecule has 164 valence electrons. The molecule has 1 saturated heterocycles. The molecule has 0 bridgehead atoms. The van der Waals surface area contributed by atoms with E-state index in [4.69, 9.17) is 0 Å². The highest BCUT2D eigenvalue weighted by Crippen LogP contribution is 2.23. The van der Waals surface area contributed by atoms with Gasteiger partial charge >= 0.3 is 0 Å². The van der Waals surface area contributed by atoms with E-state index < -0.39 is 0 Å². The summed E-state index contributed by atoms with van der Waals surface area (Å²) < 4.78 is 0. The Bertz CT molecular complexity index is 875. The first-order valence-corrected chi connectivity index (χ1v) is 11.4. The maximum Gasteiger partial charge on any atom is 0.274 e. The smallest absolute Gasteiger partial charge is 0.274 e. The van der Waals surface area contributed by atoms with Gasteiger partial charge in [-0.2, -0.15) is 0 Å². The van der Waals surface area contributed by atoms with Gasteiger partial charge in [-0.05, 0) is 62.5 Å². The predicted molar refractivity (Wildman–Crippen MR) is 119 cm³/mol. The number of anilines is 1. The third-order valence-electron chi connectivity index (χ3n) is 6.32. The first-order chi connectivity index (χ1) is 15.2. The average molecular weight is 422 g/mol. The van der Waals surface area contributed by atoms with Gasteiger partial charge in [-0.15, -0.1) is 0 Å². The number of aromatic nitrogens is 2. The zero-order chi connectivity index (χ0) is 21.5. The van der Waals surface area contributed by atoms with Crippen molar-refractivity contribution in [2.24, 2.45) is 5.92 Å². The first kappa shape index (κ1) is 21.4. The van der Waals surface area contributed by atoms with E-state index in [2.05, 4.69) is 31.6 Å². The lowest BCUT2D eigenvalue weighted by atomic mass is 9.92. The molecule has 1 aromatic carbocycles. The summed E-state index contributed by atoms with van der Waals surface area (Å²) in [7, 11) is 0. The highest BCUT2D eigenvalue weighted by Gasteiger charge is 2.27. The summed E-state index contributed by atoms with van der Waals surface area (Å²) in [5.74, 6) is 0.141. The zero-order valence-electron chi connectivity index (χ0n) is 17.9. The van der Waals surface area contributed by atoms with Gasteiger partial charge in [0, 0.05) is 30.4 Å². The summed E-state index contributed by atoms with van der Waals surface area (Å²) in [5, 5.41) is 6.18. The highest BCUT2D eigenvalue weighted by atomic mass is 16.2. The molecule has 7 nitrogen and oxygen atoms in total. The van der Waals surface area contributed by atoms with E-state index in [1.165, 1.54) is 25.6 Å². The van der Waals surface area contributed by atoms with Crippen molar-refractivity contribution in [1.29, 1.82) is 0 Å². The van der Waals surface area contributed by atoms with E-state index in [0.717, 1.165) is 56.6 Å². The van der Waals surface area contributed by atoms with Gasteiger partial charge in [0.15, 0.2) is 0 Å². The third kappa shape index (κ3) is 6.10. The van der Waals surface area contributed by atoms with Crippen LogP contribution in [-0.2, 0) is 11.3 Å². The SMILES string of the molecule is O=C(Nc1cccc(CN2CCC(C(=O)NC3CCCCC3)CC2)c1)c1ccncn1. The first-order valence-electron chi connectivity index (χ1n) is 11.4. The maximum absolute atomic E-state index is 12.6. The largest absolute Gasteiger partial charge is 0.353 e. The number of hydrogen-bond donors (Lipinski definition) is 2. The van der Waals surface area contributed by atoms with Crippen LogP contribution in [0.25, 0.3) is 0 Å². The molecule has 1 aromatic heterocycles. The van der Waals surface area contributed by atoms with Gasteiger partial charge < -0.3 is 10.6 Å². The molecule has 2 aromatic rings. The lowest BCUT2D eigenvalue weighted by Gasteiger charge is -2.32. The second-order valence-electron chi connectivity index (χ2n) is 8.64. The fourth-order valence-electron chi connectivity index (χ4n) is 4.54. The van der Waals surface area contributed by atoms with Crippen LogP contribution >= 0.6 is 0 Å². The van der Waals surface area contributed by atoms with Crippen molar-refractivity contribution in [2.45, 2.75) is 57.5 Å². The highest BCUT2D eigenvalue weighted by molar-refractivity contribution is 6.02. The molecule has 2 N–H and O–H groups in total. The Kier molecular flexibility index (Phi) is 7.25. The molecular formula is C24H31N5O2. The number of carbonyl (C=O) groups is 2. The van der Waals surface area contributed by atoms with Gasteiger partial charge in [-0.25, -0.2) is 9.97 Å². The zero-order valence-corrected chi connectivity index (χ0v) is 17.9. The van der Waals surface area contributed by atoms with Crippen LogP contribution in [-0.4, -0.2) is 45.8 Å². The molecule has 0 atom stereocenters. The lowest BCUT2D eigenvalue weighted by Crippen LogP contribution is -2.44. The second kappa shape index (κ2) is 10.5. The van der Waals surface area contributed by atoms with Crippen LogP contribution in [0.15, 0.2) is 42.9 Å². The Morgan fingerprint density at radius 1 is 1.03 bits per heavy atom. The number of amides is 2. The second-order valence-corrected chi connectivity index (χ2v) is 8.64. The van der Waals surface area contributed by atoms with Crippen molar-refractivity contribution in [1.82, 2.24) is 20.2 Å². The molecule has 2 fully saturated rings. The van der Waals surface area contributed by atoms with Crippen molar-refractivity contribution in [3.63, 3.8) is 0 Å². The molecule has 2 aliphatic rings. The number of carbonyl (C=O) groups excluding carboxylic acids is 2. The van der Waals surface area contributed by atoms with Gasteiger partial charge in [0.25, 0.3) is 5.91 Å². The molecule has 0 radical (unpaired) electrons. The Hall–Kier alpha value is -2.80. The van der Waals surface area contributed by atoms with Crippen LogP contribution in [0.2, 0.25) is 0 Å².